The lowest BCUT2D eigenvalue weighted by Gasteiger charge is -2.26. The molecule has 0 spiro atoms. The Morgan fingerprint density at radius 3 is 2.38 bits per heavy atom. The van der Waals surface area contributed by atoms with Crippen LogP contribution in [0.15, 0.2) is 77.7 Å². The van der Waals surface area contributed by atoms with Gasteiger partial charge in [-0.25, -0.2) is 4.39 Å². The number of benzene rings is 3. The van der Waals surface area contributed by atoms with Crippen LogP contribution in [0.1, 0.15) is 33.2 Å². The van der Waals surface area contributed by atoms with Crippen LogP contribution in [-0.4, -0.2) is 27.3 Å². The summed E-state index contributed by atoms with van der Waals surface area (Å²) < 4.78 is 13.4. The number of aromatic amines is 1. The first kappa shape index (κ1) is 20.8. The predicted molar refractivity (Wildman–Crippen MR) is 125 cm³/mol. The zero-order valence-electron chi connectivity index (χ0n) is 17.2. The van der Waals surface area contributed by atoms with E-state index < -0.39 is 0 Å². The molecular weight excluding hydrogens is 445 g/mol. The SMILES string of the molecule is CSc1ccc(C2c3c(-c4ccc(Cl)cc4)n[nH]c3C(=O)N2Cc2ccc(F)cc2)cc1. The van der Waals surface area contributed by atoms with Crippen molar-refractivity contribution in [3.05, 3.63) is 106 Å². The van der Waals surface area contributed by atoms with E-state index in [1.807, 2.05) is 35.4 Å². The molecule has 1 aromatic heterocycles. The van der Waals surface area contributed by atoms with Crippen molar-refractivity contribution in [2.45, 2.75) is 17.5 Å². The molecule has 1 N–H and O–H groups in total. The Kier molecular flexibility index (Phi) is 5.49. The highest BCUT2D eigenvalue weighted by atomic mass is 35.5. The molecule has 4 nitrogen and oxygen atoms in total. The van der Waals surface area contributed by atoms with Gasteiger partial charge in [0.25, 0.3) is 5.91 Å². The fraction of sp³-hybridized carbons (Fsp3) is 0.120. The maximum absolute atomic E-state index is 13.4. The maximum Gasteiger partial charge on any atom is 0.273 e. The third kappa shape index (κ3) is 3.70. The summed E-state index contributed by atoms with van der Waals surface area (Å²) in [6.07, 6.45) is 2.03. The normalized spacial score (nSPS) is 15.3. The van der Waals surface area contributed by atoms with Gasteiger partial charge < -0.3 is 4.90 Å². The van der Waals surface area contributed by atoms with E-state index in [1.165, 1.54) is 12.1 Å². The van der Waals surface area contributed by atoms with E-state index in [4.69, 9.17) is 11.6 Å². The Morgan fingerprint density at radius 1 is 1.03 bits per heavy atom. The molecule has 0 fully saturated rings. The quantitative estimate of drug-likeness (QED) is 0.351. The third-order valence-corrected chi connectivity index (χ3v) is 6.67. The number of amides is 1. The second-order valence-electron chi connectivity index (χ2n) is 7.60. The largest absolute Gasteiger partial charge is 0.322 e. The molecule has 5 rings (SSSR count). The summed E-state index contributed by atoms with van der Waals surface area (Å²) in [4.78, 5) is 16.4. The monoisotopic (exact) mass is 463 g/mol. The zero-order chi connectivity index (χ0) is 22.2. The van der Waals surface area contributed by atoms with Gasteiger partial charge in [-0.15, -0.1) is 11.8 Å². The summed E-state index contributed by atoms with van der Waals surface area (Å²) in [6, 6.07) is 21.6. The number of hydrogen-bond acceptors (Lipinski definition) is 3. The van der Waals surface area contributed by atoms with Crippen LogP contribution in [0.25, 0.3) is 11.3 Å². The fourth-order valence-corrected chi connectivity index (χ4v) is 4.64. The third-order valence-electron chi connectivity index (χ3n) is 5.68. The van der Waals surface area contributed by atoms with Crippen LogP contribution in [0.3, 0.4) is 0 Å². The fourth-order valence-electron chi connectivity index (χ4n) is 4.11. The Balaban J connectivity index is 1.62. The summed E-state index contributed by atoms with van der Waals surface area (Å²) in [5, 5.41) is 8.08. The second-order valence-corrected chi connectivity index (χ2v) is 8.92. The molecule has 1 amide bonds. The highest BCUT2D eigenvalue weighted by Gasteiger charge is 2.42. The number of H-pyrrole nitrogens is 1. The Hall–Kier alpha value is -3.09. The van der Waals surface area contributed by atoms with E-state index >= 15 is 0 Å². The van der Waals surface area contributed by atoms with Crippen LogP contribution >= 0.6 is 23.4 Å². The lowest BCUT2D eigenvalue weighted by Crippen LogP contribution is -2.29. The molecule has 7 heteroatoms. The summed E-state index contributed by atoms with van der Waals surface area (Å²) in [7, 11) is 0. The van der Waals surface area contributed by atoms with Crippen LogP contribution in [0.2, 0.25) is 5.02 Å². The molecular formula is C25H19ClFN3OS. The van der Waals surface area contributed by atoms with Crippen LogP contribution < -0.4 is 0 Å². The Morgan fingerprint density at radius 2 is 1.72 bits per heavy atom. The van der Waals surface area contributed by atoms with E-state index in [0.29, 0.717) is 17.3 Å². The van der Waals surface area contributed by atoms with E-state index in [-0.39, 0.29) is 17.8 Å². The number of rotatable bonds is 5. The van der Waals surface area contributed by atoms with Gasteiger partial charge >= 0.3 is 0 Å². The predicted octanol–water partition coefficient (Wildman–Crippen LogP) is 6.34. The highest BCUT2D eigenvalue weighted by Crippen LogP contribution is 2.43. The molecule has 32 heavy (non-hydrogen) atoms. The molecule has 0 radical (unpaired) electrons. The van der Waals surface area contributed by atoms with Crippen LogP contribution in [0.5, 0.6) is 0 Å². The topological polar surface area (TPSA) is 49.0 Å². The molecule has 2 heterocycles. The van der Waals surface area contributed by atoms with E-state index in [9.17, 15) is 9.18 Å². The number of halogens is 2. The first-order chi connectivity index (χ1) is 15.5. The number of nitrogens with one attached hydrogen (secondary N) is 1. The van der Waals surface area contributed by atoms with Crippen molar-refractivity contribution in [1.29, 1.82) is 0 Å². The van der Waals surface area contributed by atoms with Crippen molar-refractivity contribution in [2.24, 2.45) is 0 Å². The van der Waals surface area contributed by atoms with E-state index in [0.717, 1.165) is 32.8 Å². The molecule has 0 bridgehead atoms. The minimum absolute atomic E-state index is 0.129. The molecule has 1 atom stereocenters. The van der Waals surface area contributed by atoms with Crippen molar-refractivity contribution in [2.75, 3.05) is 6.26 Å². The minimum atomic E-state index is -0.317. The zero-order valence-corrected chi connectivity index (χ0v) is 18.8. The molecule has 1 aliphatic rings. The van der Waals surface area contributed by atoms with E-state index in [2.05, 4.69) is 34.5 Å². The summed E-state index contributed by atoms with van der Waals surface area (Å²) in [6.45, 7) is 0.358. The number of hydrogen-bond donors (Lipinski definition) is 1. The molecule has 0 aliphatic carbocycles. The van der Waals surface area contributed by atoms with Crippen molar-refractivity contribution in [3.8, 4) is 11.3 Å². The van der Waals surface area contributed by atoms with Crippen LogP contribution in [0, 0.1) is 5.82 Å². The van der Waals surface area contributed by atoms with Gasteiger partial charge in [0.1, 0.15) is 11.5 Å². The second kappa shape index (κ2) is 8.45. The number of nitrogens with zero attached hydrogens (tertiary/aromatic N) is 2. The standard InChI is InChI=1S/C25H19ClFN3OS/c1-32-20-12-6-17(7-13-20)24-21-22(16-4-8-18(26)9-5-16)28-29-23(21)25(31)30(24)14-15-2-10-19(27)11-3-15/h2-13,24H,14H2,1H3,(H,28,29). The van der Waals surface area contributed by atoms with Crippen molar-refractivity contribution < 1.29 is 9.18 Å². The Labute approximate surface area is 194 Å². The molecule has 0 saturated heterocycles. The first-order valence-electron chi connectivity index (χ1n) is 10.1. The molecule has 1 unspecified atom stereocenters. The maximum atomic E-state index is 13.4. The molecule has 4 aromatic rings. The average molecular weight is 464 g/mol. The lowest BCUT2D eigenvalue weighted by atomic mass is 9.96. The van der Waals surface area contributed by atoms with Crippen LogP contribution in [0.4, 0.5) is 4.39 Å². The number of carbonyl (C=O) groups is 1. The minimum Gasteiger partial charge on any atom is -0.322 e. The van der Waals surface area contributed by atoms with Gasteiger partial charge in [-0.3, -0.25) is 9.89 Å². The van der Waals surface area contributed by atoms with Gasteiger partial charge in [-0.1, -0.05) is 48.0 Å². The van der Waals surface area contributed by atoms with Crippen LogP contribution in [-0.2, 0) is 6.54 Å². The van der Waals surface area contributed by atoms with Gasteiger partial charge in [-0.05, 0) is 53.8 Å². The lowest BCUT2D eigenvalue weighted by molar-refractivity contribution is 0.0730. The molecule has 160 valence electrons. The molecule has 3 aromatic carbocycles. The van der Waals surface area contributed by atoms with E-state index in [1.54, 1.807) is 23.9 Å². The summed E-state index contributed by atoms with van der Waals surface area (Å²) in [5.41, 5.74) is 4.79. The van der Waals surface area contributed by atoms with Crippen molar-refractivity contribution >= 4 is 29.3 Å². The smallest absolute Gasteiger partial charge is 0.273 e. The van der Waals surface area contributed by atoms with Gasteiger partial charge in [0.2, 0.25) is 0 Å². The van der Waals surface area contributed by atoms with Gasteiger partial charge in [-0.2, -0.15) is 5.10 Å². The van der Waals surface area contributed by atoms with Crippen molar-refractivity contribution in [3.63, 3.8) is 0 Å². The highest BCUT2D eigenvalue weighted by molar-refractivity contribution is 7.98. The number of fused-ring (bicyclic) bond motifs is 1. The number of aromatic nitrogens is 2. The molecule has 0 saturated carbocycles. The number of carbonyl (C=O) groups excluding carboxylic acids is 1. The summed E-state index contributed by atoms with van der Waals surface area (Å²) >= 11 is 7.74. The van der Waals surface area contributed by atoms with Crippen molar-refractivity contribution in [1.82, 2.24) is 15.1 Å². The van der Waals surface area contributed by atoms with Gasteiger partial charge in [0.05, 0.1) is 11.7 Å². The average Bonchev–Trinajstić information content (AvgIpc) is 3.35. The Bertz CT molecular complexity index is 1270. The van der Waals surface area contributed by atoms with Gasteiger partial charge in [0.15, 0.2) is 0 Å². The number of thioether (sulfide) groups is 1. The first-order valence-corrected chi connectivity index (χ1v) is 11.7. The molecule has 1 aliphatic heterocycles. The van der Waals surface area contributed by atoms with Gasteiger partial charge in [0, 0.05) is 27.6 Å². The summed E-state index contributed by atoms with van der Waals surface area (Å²) in [5.74, 6) is -0.430.